The highest BCUT2D eigenvalue weighted by Gasteiger charge is 2.20. The molecule has 2 N–H and O–H groups in total. The van der Waals surface area contributed by atoms with Gasteiger partial charge in [0.05, 0.1) is 0 Å². The van der Waals surface area contributed by atoms with Crippen LogP contribution in [0.4, 0.5) is 0 Å². The monoisotopic (exact) mass is 262 g/mol. The Morgan fingerprint density at radius 2 is 2.00 bits per heavy atom. The number of likely N-dealkylation sites (tertiary alicyclic amines) is 1. The van der Waals surface area contributed by atoms with E-state index in [0.29, 0.717) is 5.46 Å². The van der Waals surface area contributed by atoms with Crippen LogP contribution in [0.5, 0.6) is 0 Å². The van der Waals surface area contributed by atoms with Crippen LogP contribution in [0.25, 0.3) is 0 Å². The van der Waals surface area contributed by atoms with Gasteiger partial charge in [0.25, 0.3) is 0 Å². The lowest BCUT2D eigenvalue weighted by atomic mass is 9.80. The predicted octanol–water partition coefficient (Wildman–Crippen LogP) is -0.250. The lowest BCUT2D eigenvalue weighted by molar-refractivity contribution is 0.267. The topological polar surface area (TPSA) is 46.9 Å². The zero-order valence-electron chi connectivity index (χ0n) is 11.8. The van der Waals surface area contributed by atoms with Gasteiger partial charge in [0, 0.05) is 19.6 Å². The first kappa shape index (κ1) is 14.5. The fourth-order valence-electron chi connectivity index (χ4n) is 2.79. The molecule has 4 nitrogen and oxygen atoms in total. The Bertz CT molecular complexity index is 397. The van der Waals surface area contributed by atoms with E-state index in [1.807, 2.05) is 12.1 Å². The van der Waals surface area contributed by atoms with E-state index in [-0.39, 0.29) is 0 Å². The van der Waals surface area contributed by atoms with Gasteiger partial charge < -0.3 is 19.8 Å². The predicted molar refractivity (Wildman–Crippen MR) is 78.2 cm³/mol. The third-order valence-corrected chi connectivity index (χ3v) is 3.79. The van der Waals surface area contributed by atoms with Crippen molar-refractivity contribution in [2.45, 2.75) is 13.0 Å². The van der Waals surface area contributed by atoms with Crippen LogP contribution in [0.2, 0.25) is 0 Å². The highest BCUT2D eigenvalue weighted by Crippen LogP contribution is 2.16. The van der Waals surface area contributed by atoms with Gasteiger partial charge in [-0.15, -0.1) is 0 Å². The van der Waals surface area contributed by atoms with Crippen LogP contribution in [0.3, 0.4) is 0 Å². The van der Waals surface area contributed by atoms with Gasteiger partial charge in [0.15, 0.2) is 0 Å². The van der Waals surface area contributed by atoms with Crippen molar-refractivity contribution in [1.82, 2.24) is 9.80 Å². The summed E-state index contributed by atoms with van der Waals surface area (Å²) in [7, 11) is 2.95. The average Bonchev–Trinajstić information content (AvgIpc) is 2.75. The minimum atomic E-state index is -1.37. The summed E-state index contributed by atoms with van der Waals surface area (Å²) in [5.74, 6) is 0.772. The molecule has 0 saturated carbocycles. The van der Waals surface area contributed by atoms with Crippen molar-refractivity contribution in [1.29, 1.82) is 0 Å². The van der Waals surface area contributed by atoms with Crippen molar-refractivity contribution in [2.75, 3.05) is 33.7 Å². The molecule has 1 atom stereocenters. The van der Waals surface area contributed by atoms with E-state index in [0.717, 1.165) is 19.0 Å². The summed E-state index contributed by atoms with van der Waals surface area (Å²) in [6.45, 7) is 4.43. The third kappa shape index (κ3) is 4.32. The fraction of sp³-hybridized carbons (Fsp3) is 0.571. The lowest BCUT2D eigenvalue weighted by Crippen LogP contribution is -2.30. The maximum Gasteiger partial charge on any atom is 0.488 e. The van der Waals surface area contributed by atoms with E-state index in [1.54, 1.807) is 12.1 Å². The van der Waals surface area contributed by atoms with Gasteiger partial charge in [-0.25, -0.2) is 0 Å². The van der Waals surface area contributed by atoms with Crippen LogP contribution < -0.4 is 5.46 Å². The summed E-state index contributed by atoms with van der Waals surface area (Å²) < 4.78 is 0. The van der Waals surface area contributed by atoms with Gasteiger partial charge in [-0.1, -0.05) is 24.3 Å². The quantitative estimate of drug-likeness (QED) is 0.718. The number of benzene rings is 1. The van der Waals surface area contributed by atoms with Crippen LogP contribution in [0.15, 0.2) is 24.3 Å². The van der Waals surface area contributed by atoms with Crippen LogP contribution in [0.1, 0.15) is 12.0 Å². The van der Waals surface area contributed by atoms with E-state index in [2.05, 4.69) is 23.9 Å². The van der Waals surface area contributed by atoms with Gasteiger partial charge in [-0.05, 0) is 44.0 Å². The van der Waals surface area contributed by atoms with Crippen LogP contribution in [-0.4, -0.2) is 60.7 Å². The SMILES string of the molecule is CN1CCC(CN(C)Cc2ccc(B(O)O)cc2)C1. The van der Waals surface area contributed by atoms with Crippen molar-refractivity contribution >= 4 is 12.6 Å². The van der Waals surface area contributed by atoms with E-state index in [4.69, 9.17) is 10.0 Å². The minimum Gasteiger partial charge on any atom is -0.423 e. The Kier molecular flexibility index (Phi) is 4.99. The van der Waals surface area contributed by atoms with Gasteiger partial charge >= 0.3 is 7.12 Å². The summed E-state index contributed by atoms with van der Waals surface area (Å²) in [5, 5.41) is 18.1. The van der Waals surface area contributed by atoms with Gasteiger partial charge in [0.1, 0.15) is 0 Å². The molecule has 1 heterocycles. The minimum absolute atomic E-state index is 0.545. The summed E-state index contributed by atoms with van der Waals surface area (Å²) in [5.41, 5.74) is 1.75. The Morgan fingerprint density at radius 3 is 2.53 bits per heavy atom. The van der Waals surface area contributed by atoms with Crippen molar-refractivity contribution < 1.29 is 10.0 Å². The molecule has 2 rings (SSSR count). The smallest absolute Gasteiger partial charge is 0.423 e. The Morgan fingerprint density at radius 1 is 1.32 bits per heavy atom. The van der Waals surface area contributed by atoms with E-state index < -0.39 is 7.12 Å². The molecule has 0 amide bonds. The summed E-state index contributed by atoms with van der Waals surface area (Å²) in [6.07, 6.45) is 1.29. The molecule has 5 heteroatoms. The summed E-state index contributed by atoms with van der Waals surface area (Å²) >= 11 is 0. The first-order chi connectivity index (χ1) is 9.04. The first-order valence-electron chi connectivity index (χ1n) is 6.86. The van der Waals surface area contributed by atoms with Crippen LogP contribution in [-0.2, 0) is 6.54 Å². The first-order valence-corrected chi connectivity index (χ1v) is 6.86. The molecule has 1 fully saturated rings. The highest BCUT2D eigenvalue weighted by molar-refractivity contribution is 6.58. The highest BCUT2D eigenvalue weighted by atomic mass is 16.4. The Hall–Kier alpha value is -0.875. The maximum absolute atomic E-state index is 9.05. The molecule has 104 valence electrons. The largest absolute Gasteiger partial charge is 0.488 e. The normalized spacial score (nSPS) is 20.2. The lowest BCUT2D eigenvalue weighted by Gasteiger charge is -2.21. The van der Waals surface area contributed by atoms with Crippen molar-refractivity contribution in [2.24, 2.45) is 5.92 Å². The molecule has 1 aliphatic heterocycles. The standard InChI is InChI=1S/C14H23BN2O2/c1-16-8-7-13(10-16)11-17(2)9-12-3-5-14(6-4-12)15(18)19/h3-6,13,18-19H,7-11H2,1-2H3. The van der Waals surface area contributed by atoms with Crippen molar-refractivity contribution in [3.05, 3.63) is 29.8 Å². The molecule has 0 bridgehead atoms. The molecular weight excluding hydrogens is 239 g/mol. The fourth-order valence-corrected chi connectivity index (χ4v) is 2.79. The number of hydrogen-bond acceptors (Lipinski definition) is 4. The van der Waals surface area contributed by atoms with Crippen molar-refractivity contribution in [3.8, 4) is 0 Å². The second-order valence-corrected chi connectivity index (χ2v) is 5.73. The van der Waals surface area contributed by atoms with Crippen LogP contribution >= 0.6 is 0 Å². The second kappa shape index (κ2) is 6.52. The molecule has 1 aromatic carbocycles. The molecule has 1 unspecified atom stereocenters. The van der Waals surface area contributed by atoms with Gasteiger partial charge in [-0.2, -0.15) is 0 Å². The Balaban J connectivity index is 1.83. The summed E-state index contributed by atoms with van der Waals surface area (Å²) in [4.78, 5) is 4.73. The molecule has 0 radical (unpaired) electrons. The molecule has 0 aromatic heterocycles. The number of rotatable bonds is 5. The van der Waals surface area contributed by atoms with Crippen molar-refractivity contribution in [3.63, 3.8) is 0 Å². The molecular formula is C14H23BN2O2. The van der Waals surface area contributed by atoms with Gasteiger partial charge in [0.2, 0.25) is 0 Å². The van der Waals surface area contributed by atoms with E-state index in [9.17, 15) is 0 Å². The summed E-state index contributed by atoms with van der Waals surface area (Å²) in [6, 6.07) is 7.48. The molecule has 0 spiro atoms. The van der Waals surface area contributed by atoms with E-state index in [1.165, 1.54) is 25.1 Å². The molecule has 1 aliphatic rings. The second-order valence-electron chi connectivity index (χ2n) is 5.73. The van der Waals surface area contributed by atoms with E-state index >= 15 is 0 Å². The maximum atomic E-state index is 9.05. The zero-order valence-corrected chi connectivity index (χ0v) is 11.8. The average molecular weight is 262 g/mol. The molecule has 19 heavy (non-hydrogen) atoms. The number of hydrogen-bond donors (Lipinski definition) is 2. The van der Waals surface area contributed by atoms with Gasteiger partial charge in [-0.3, -0.25) is 0 Å². The Labute approximate surface area is 115 Å². The van der Waals surface area contributed by atoms with Crippen LogP contribution in [0, 0.1) is 5.92 Å². The zero-order chi connectivity index (χ0) is 13.8. The number of nitrogens with zero attached hydrogens (tertiary/aromatic N) is 2. The third-order valence-electron chi connectivity index (χ3n) is 3.79. The molecule has 1 aromatic rings. The molecule has 0 aliphatic carbocycles. The molecule has 1 saturated heterocycles.